The number of hydrogen-bond acceptors (Lipinski definition) is 2. The highest BCUT2D eigenvalue weighted by molar-refractivity contribution is 6.24. The van der Waals surface area contributed by atoms with Gasteiger partial charge in [0.15, 0.2) is 0 Å². The fraction of sp³-hybridized carbons (Fsp3) is 0.116. The zero-order valence-electron chi connectivity index (χ0n) is 25.6. The quantitative estimate of drug-likeness (QED) is 0.165. The molecule has 1 aliphatic carbocycles. The Kier molecular flexibility index (Phi) is 7.04. The predicted octanol–water partition coefficient (Wildman–Crippen LogP) is 11.4. The minimum absolute atomic E-state index is 0.530. The monoisotopic (exact) mass is 580 g/mol. The second-order valence-electron chi connectivity index (χ2n) is 12.3. The van der Waals surface area contributed by atoms with E-state index < -0.39 is 0 Å². The molecule has 0 amide bonds. The maximum atomic E-state index is 2.51. The van der Waals surface area contributed by atoms with Crippen molar-refractivity contribution in [2.75, 3.05) is 9.80 Å². The molecule has 0 saturated carbocycles. The molecule has 2 nitrogen and oxygen atoms in total. The van der Waals surface area contributed by atoms with E-state index in [4.69, 9.17) is 0 Å². The smallest absolute Gasteiger partial charge is 0.0487 e. The third kappa shape index (κ3) is 5.13. The second-order valence-corrected chi connectivity index (χ2v) is 12.3. The van der Waals surface area contributed by atoms with Crippen LogP contribution < -0.4 is 9.80 Å². The fourth-order valence-corrected chi connectivity index (χ4v) is 7.07. The molecule has 218 valence electrons. The molecular formula is C43H36N2. The Balaban J connectivity index is 1.25. The molecule has 1 atom stereocenters. The van der Waals surface area contributed by atoms with Crippen LogP contribution in [-0.4, -0.2) is 0 Å². The Hall–Kier alpha value is -5.34. The molecule has 45 heavy (non-hydrogen) atoms. The van der Waals surface area contributed by atoms with Crippen molar-refractivity contribution in [3.63, 3.8) is 0 Å². The van der Waals surface area contributed by atoms with Gasteiger partial charge in [0.05, 0.1) is 0 Å². The lowest BCUT2D eigenvalue weighted by atomic mass is 9.89. The molecule has 1 unspecified atom stereocenters. The van der Waals surface area contributed by atoms with Crippen LogP contribution in [0, 0.1) is 5.92 Å². The van der Waals surface area contributed by atoms with E-state index in [1.54, 1.807) is 0 Å². The van der Waals surface area contributed by atoms with Crippen LogP contribution in [0.5, 0.6) is 0 Å². The first-order valence-electron chi connectivity index (χ1n) is 16.0. The molecule has 2 heteroatoms. The van der Waals surface area contributed by atoms with Gasteiger partial charge in [0.2, 0.25) is 0 Å². The Morgan fingerprint density at radius 2 is 0.956 bits per heavy atom. The van der Waals surface area contributed by atoms with Gasteiger partial charge in [0.25, 0.3) is 0 Å². The van der Waals surface area contributed by atoms with Gasteiger partial charge < -0.3 is 9.80 Å². The van der Waals surface area contributed by atoms with Crippen LogP contribution in [0.4, 0.5) is 17.1 Å². The van der Waals surface area contributed by atoms with Crippen molar-refractivity contribution in [3.05, 3.63) is 175 Å². The van der Waals surface area contributed by atoms with Crippen molar-refractivity contribution < 1.29 is 0 Å². The molecule has 0 spiro atoms. The van der Waals surface area contributed by atoms with E-state index in [9.17, 15) is 0 Å². The molecule has 0 radical (unpaired) electrons. The van der Waals surface area contributed by atoms with Crippen LogP contribution in [0.2, 0.25) is 0 Å². The number of hydrogen-bond donors (Lipinski definition) is 0. The van der Waals surface area contributed by atoms with Gasteiger partial charge in [0.1, 0.15) is 0 Å². The number of allylic oxidation sites excluding steroid dienone is 4. The van der Waals surface area contributed by atoms with Crippen LogP contribution in [0.15, 0.2) is 163 Å². The summed E-state index contributed by atoms with van der Waals surface area (Å²) in [5.41, 5.74) is 7.67. The first kappa shape index (κ1) is 27.2. The maximum Gasteiger partial charge on any atom is 0.0487 e. The Morgan fingerprint density at radius 3 is 1.44 bits per heavy atom. The highest BCUT2D eigenvalue weighted by atomic mass is 15.1. The van der Waals surface area contributed by atoms with Crippen molar-refractivity contribution in [1.82, 2.24) is 0 Å². The van der Waals surface area contributed by atoms with Crippen LogP contribution in [0.3, 0.4) is 0 Å². The standard InChI is InChI=1S/C43H36N2/c1-31-12-11-19-39(28-31)45(38-17-9-4-10-18-38)30-35-23-21-33-24-26-40-34(22-20-32-25-27-41(35)43(33)42(32)40)29-44(36-13-5-2-6-14-36)37-15-7-3-8-16-37/h2-27,31H,28-30H2,1H3. The van der Waals surface area contributed by atoms with Crippen molar-refractivity contribution in [3.8, 4) is 0 Å². The zero-order chi connectivity index (χ0) is 30.2. The molecule has 7 aromatic carbocycles. The summed E-state index contributed by atoms with van der Waals surface area (Å²) in [5.74, 6) is 0.530. The zero-order valence-corrected chi connectivity index (χ0v) is 25.6. The topological polar surface area (TPSA) is 6.48 Å². The SMILES string of the molecule is CC1C=CC=C(N(Cc2ccc3ccc4c(CN(c5ccccc5)c5ccccc5)ccc5ccc2c3c54)c2ccccc2)C1. The van der Waals surface area contributed by atoms with Gasteiger partial charge in [-0.15, -0.1) is 0 Å². The Labute approximate surface area is 265 Å². The second kappa shape index (κ2) is 11.6. The summed E-state index contributed by atoms with van der Waals surface area (Å²) < 4.78 is 0. The molecule has 0 saturated heterocycles. The number of para-hydroxylation sites is 3. The summed E-state index contributed by atoms with van der Waals surface area (Å²) in [7, 11) is 0. The van der Waals surface area contributed by atoms with Crippen LogP contribution >= 0.6 is 0 Å². The van der Waals surface area contributed by atoms with Gasteiger partial charge in [-0.1, -0.05) is 122 Å². The van der Waals surface area contributed by atoms with Crippen LogP contribution in [0.25, 0.3) is 32.3 Å². The number of rotatable bonds is 8. The predicted molar refractivity (Wildman–Crippen MR) is 193 cm³/mol. The molecule has 0 fully saturated rings. The highest BCUT2D eigenvalue weighted by Crippen LogP contribution is 2.40. The van der Waals surface area contributed by atoms with E-state index in [-0.39, 0.29) is 0 Å². The Bertz CT molecular complexity index is 2110. The number of benzene rings is 7. The van der Waals surface area contributed by atoms with E-state index in [1.807, 2.05) is 0 Å². The van der Waals surface area contributed by atoms with Gasteiger partial charge in [-0.25, -0.2) is 0 Å². The molecular weight excluding hydrogens is 544 g/mol. The largest absolute Gasteiger partial charge is 0.341 e. The van der Waals surface area contributed by atoms with E-state index in [0.717, 1.165) is 19.5 Å². The lowest BCUT2D eigenvalue weighted by Crippen LogP contribution is -2.24. The normalized spacial score (nSPS) is 14.7. The van der Waals surface area contributed by atoms with Crippen molar-refractivity contribution in [2.45, 2.75) is 26.4 Å². The molecule has 0 aromatic heterocycles. The molecule has 0 N–H and O–H groups in total. The highest BCUT2D eigenvalue weighted by Gasteiger charge is 2.20. The lowest BCUT2D eigenvalue weighted by molar-refractivity contribution is 0.676. The summed E-state index contributed by atoms with van der Waals surface area (Å²) in [6.07, 6.45) is 7.86. The summed E-state index contributed by atoms with van der Waals surface area (Å²) in [6, 6.07) is 50.9. The first-order chi connectivity index (χ1) is 22.2. The fourth-order valence-electron chi connectivity index (χ4n) is 7.07. The molecule has 8 rings (SSSR count). The third-order valence-corrected chi connectivity index (χ3v) is 9.31. The Morgan fingerprint density at radius 1 is 0.511 bits per heavy atom. The van der Waals surface area contributed by atoms with Gasteiger partial charge in [-0.2, -0.15) is 0 Å². The average molecular weight is 581 g/mol. The van der Waals surface area contributed by atoms with Crippen molar-refractivity contribution in [1.29, 1.82) is 0 Å². The van der Waals surface area contributed by atoms with Gasteiger partial charge in [0, 0.05) is 35.8 Å². The maximum absolute atomic E-state index is 2.51. The minimum atomic E-state index is 0.530. The summed E-state index contributed by atoms with van der Waals surface area (Å²) in [4.78, 5) is 4.93. The molecule has 0 heterocycles. The molecule has 0 aliphatic heterocycles. The third-order valence-electron chi connectivity index (χ3n) is 9.31. The molecule has 0 bridgehead atoms. The number of anilines is 3. The lowest BCUT2D eigenvalue weighted by Gasteiger charge is -2.31. The van der Waals surface area contributed by atoms with Crippen LogP contribution in [0.1, 0.15) is 24.5 Å². The first-order valence-corrected chi connectivity index (χ1v) is 16.0. The van der Waals surface area contributed by atoms with E-state index in [1.165, 1.54) is 66.2 Å². The van der Waals surface area contributed by atoms with Crippen LogP contribution in [-0.2, 0) is 13.1 Å². The number of nitrogens with zero attached hydrogens (tertiary/aromatic N) is 2. The summed E-state index contributed by atoms with van der Waals surface area (Å²) in [5, 5.41) is 8.00. The van der Waals surface area contributed by atoms with E-state index in [0.29, 0.717) is 5.92 Å². The van der Waals surface area contributed by atoms with Crippen molar-refractivity contribution in [2.24, 2.45) is 5.92 Å². The van der Waals surface area contributed by atoms with E-state index >= 15 is 0 Å². The molecule has 7 aromatic rings. The minimum Gasteiger partial charge on any atom is -0.341 e. The molecule has 1 aliphatic rings. The van der Waals surface area contributed by atoms with Gasteiger partial charge in [-0.05, 0) is 98.3 Å². The van der Waals surface area contributed by atoms with Gasteiger partial charge in [-0.3, -0.25) is 0 Å². The van der Waals surface area contributed by atoms with Crippen molar-refractivity contribution >= 4 is 49.4 Å². The average Bonchev–Trinajstić information content (AvgIpc) is 3.10. The summed E-state index contributed by atoms with van der Waals surface area (Å²) >= 11 is 0. The summed E-state index contributed by atoms with van der Waals surface area (Å²) in [6.45, 7) is 3.92. The van der Waals surface area contributed by atoms with Gasteiger partial charge >= 0.3 is 0 Å². The van der Waals surface area contributed by atoms with E-state index in [2.05, 4.69) is 174 Å².